The normalized spacial score (nSPS) is 22.5. The molecule has 1 aromatic heterocycles. The first-order valence-corrected chi connectivity index (χ1v) is 11.2. The van der Waals surface area contributed by atoms with Gasteiger partial charge < -0.3 is 15.0 Å². The molecule has 1 aromatic rings. The van der Waals surface area contributed by atoms with Crippen molar-refractivity contribution in [3.63, 3.8) is 0 Å². The van der Waals surface area contributed by atoms with Crippen LogP contribution < -0.4 is 10.2 Å². The first-order valence-electron chi connectivity index (χ1n) is 9.36. The van der Waals surface area contributed by atoms with Gasteiger partial charge >= 0.3 is 0 Å². The predicted molar refractivity (Wildman–Crippen MR) is 102 cm³/mol. The molecule has 27 heavy (non-hydrogen) atoms. The Morgan fingerprint density at radius 3 is 2.81 bits per heavy atom. The van der Waals surface area contributed by atoms with E-state index in [1.54, 1.807) is 6.07 Å². The molecule has 0 aromatic carbocycles. The number of carbonyl (C=O) groups excluding carboxylic acids is 1. The van der Waals surface area contributed by atoms with Crippen molar-refractivity contribution in [3.05, 3.63) is 18.1 Å². The molecule has 0 aliphatic carbocycles. The summed E-state index contributed by atoms with van der Waals surface area (Å²) in [7, 11) is -2.99. The summed E-state index contributed by atoms with van der Waals surface area (Å²) >= 11 is 0. The number of ether oxygens (including phenoxy) is 1. The fourth-order valence-electron chi connectivity index (χ4n) is 3.50. The quantitative estimate of drug-likeness (QED) is 0.660. The monoisotopic (exact) mass is 397 g/mol. The lowest BCUT2D eigenvalue weighted by molar-refractivity contribution is 0.0383. The van der Waals surface area contributed by atoms with Crippen LogP contribution in [0.4, 0.5) is 5.82 Å². The highest BCUT2D eigenvalue weighted by atomic mass is 32.2. The minimum atomic E-state index is -2.99. The zero-order valence-electron chi connectivity index (χ0n) is 15.6. The summed E-state index contributed by atoms with van der Waals surface area (Å²) < 4.78 is 28.9. The van der Waals surface area contributed by atoms with E-state index in [-0.39, 0.29) is 23.5 Å². The molecule has 10 heteroatoms. The van der Waals surface area contributed by atoms with E-state index in [1.165, 1.54) is 6.33 Å². The van der Waals surface area contributed by atoms with Crippen molar-refractivity contribution in [3.8, 4) is 0 Å². The zero-order valence-corrected chi connectivity index (χ0v) is 16.4. The number of nitrogens with one attached hydrogen (secondary N) is 1. The van der Waals surface area contributed by atoms with Crippen LogP contribution >= 0.6 is 0 Å². The fraction of sp³-hybridized carbons (Fsp3) is 0.706. The van der Waals surface area contributed by atoms with Crippen molar-refractivity contribution in [2.24, 2.45) is 0 Å². The average Bonchev–Trinajstić information content (AvgIpc) is 3.03. The molecule has 2 saturated heterocycles. The van der Waals surface area contributed by atoms with Gasteiger partial charge in [-0.25, -0.2) is 18.4 Å². The molecule has 0 bridgehead atoms. The highest BCUT2D eigenvalue weighted by Gasteiger charge is 2.32. The number of anilines is 1. The molecular weight excluding hydrogens is 370 g/mol. The third-order valence-corrected chi connectivity index (χ3v) is 6.74. The van der Waals surface area contributed by atoms with Gasteiger partial charge in [0.15, 0.2) is 9.84 Å². The molecule has 2 fully saturated rings. The first kappa shape index (κ1) is 20.0. The van der Waals surface area contributed by atoms with Crippen LogP contribution in [0.1, 0.15) is 23.8 Å². The maximum absolute atomic E-state index is 12.4. The van der Waals surface area contributed by atoms with Crippen LogP contribution in [0.5, 0.6) is 0 Å². The van der Waals surface area contributed by atoms with Crippen molar-refractivity contribution in [2.75, 3.05) is 62.3 Å². The van der Waals surface area contributed by atoms with Crippen LogP contribution in [0.15, 0.2) is 12.4 Å². The van der Waals surface area contributed by atoms with E-state index < -0.39 is 9.84 Å². The van der Waals surface area contributed by atoms with Crippen molar-refractivity contribution >= 4 is 21.6 Å². The predicted octanol–water partition coefficient (Wildman–Crippen LogP) is -0.448. The Morgan fingerprint density at radius 1 is 1.37 bits per heavy atom. The number of rotatable bonds is 7. The van der Waals surface area contributed by atoms with Gasteiger partial charge in [-0.05, 0) is 13.3 Å². The molecule has 0 radical (unpaired) electrons. The number of hydrogen-bond acceptors (Lipinski definition) is 8. The maximum atomic E-state index is 12.4. The van der Waals surface area contributed by atoms with Gasteiger partial charge in [-0.15, -0.1) is 0 Å². The van der Waals surface area contributed by atoms with Gasteiger partial charge in [0.2, 0.25) is 0 Å². The maximum Gasteiger partial charge on any atom is 0.270 e. The Hall–Kier alpha value is -1.78. The van der Waals surface area contributed by atoms with Crippen LogP contribution in [-0.4, -0.2) is 92.7 Å². The van der Waals surface area contributed by atoms with Crippen molar-refractivity contribution in [2.45, 2.75) is 19.4 Å². The smallest absolute Gasteiger partial charge is 0.270 e. The highest BCUT2D eigenvalue weighted by Crippen LogP contribution is 2.22. The highest BCUT2D eigenvalue weighted by molar-refractivity contribution is 7.91. The molecule has 1 amide bonds. The minimum absolute atomic E-state index is 0.105. The molecular formula is C17H27N5O4S. The van der Waals surface area contributed by atoms with Crippen molar-refractivity contribution in [1.82, 2.24) is 20.2 Å². The summed E-state index contributed by atoms with van der Waals surface area (Å²) in [4.78, 5) is 24.9. The third kappa shape index (κ3) is 5.36. The summed E-state index contributed by atoms with van der Waals surface area (Å²) in [6.07, 6.45) is 1.94. The number of morpholine rings is 1. The Balaban J connectivity index is 1.59. The minimum Gasteiger partial charge on any atom is -0.379 e. The number of carbonyl (C=O) groups is 1. The lowest BCUT2D eigenvalue weighted by Crippen LogP contribution is -2.41. The molecule has 3 rings (SSSR count). The second-order valence-corrected chi connectivity index (χ2v) is 9.04. The van der Waals surface area contributed by atoms with E-state index >= 15 is 0 Å². The molecule has 3 heterocycles. The lowest BCUT2D eigenvalue weighted by atomic mass is 10.2. The molecule has 2 aliphatic heterocycles. The van der Waals surface area contributed by atoms with Crippen LogP contribution in [0.3, 0.4) is 0 Å². The molecule has 2 aliphatic rings. The summed E-state index contributed by atoms with van der Waals surface area (Å²) in [5.41, 5.74) is 0.293. The van der Waals surface area contributed by atoms with Gasteiger partial charge in [-0.2, -0.15) is 0 Å². The van der Waals surface area contributed by atoms with E-state index in [9.17, 15) is 13.2 Å². The zero-order chi connectivity index (χ0) is 19.3. The van der Waals surface area contributed by atoms with E-state index in [0.29, 0.717) is 31.0 Å². The van der Waals surface area contributed by atoms with Gasteiger partial charge in [0.05, 0.1) is 24.7 Å². The Kier molecular flexibility index (Phi) is 6.61. The van der Waals surface area contributed by atoms with Crippen molar-refractivity contribution < 1.29 is 17.9 Å². The average molecular weight is 398 g/mol. The van der Waals surface area contributed by atoms with Crippen LogP contribution in [0.25, 0.3) is 0 Å². The number of nitrogens with zero attached hydrogens (tertiary/aromatic N) is 4. The molecule has 0 saturated carbocycles. The van der Waals surface area contributed by atoms with Gasteiger partial charge in [-0.1, -0.05) is 0 Å². The van der Waals surface area contributed by atoms with Gasteiger partial charge in [-0.3, -0.25) is 9.69 Å². The van der Waals surface area contributed by atoms with Gasteiger partial charge in [0, 0.05) is 44.8 Å². The molecule has 1 atom stereocenters. The number of hydrogen-bond donors (Lipinski definition) is 1. The SMILES string of the molecule is CCN(c1cc(C(=O)NCCN2CCOCC2)ncn1)C1CCS(=O)(=O)C1. The number of aromatic nitrogens is 2. The Labute approximate surface area is 160 Å². The molecule has 9 nitrogen and oxygen atoms in total. The summed E-state index contributed by atoms with van der Waals surface area (Å²) in [5, 5.41) is 2.89. The molecule has 1 unspecified atom stereocenters. The largest absolute Gasteiger partial charge is 0.379 e. The van der Waals surface area contributed by atoms with E-state index in [4.69, 9.17) is 4.74 Å². The van der Waals surface area contributed by atoms with Crippen molar-refractivity contribution in [1.29, 1.82) is 0 Å². The van der Waals surface area contributed by atoms with E-state index in [0.717, 1.165) is 32.8 Å². The molecule has 0 spiro atoms. The second-order valence-electron chi connectivity index (χ2n) is 6.81. The summed E-state index contributed by atoms with van der Waals surface area (Å²) in [5.74, 6) is 0.676. The number of sulfone groups is 1. The van der Waals surface area contributed by atoms with E-state index in [1.807, 2.05) is 11.8 Å². The standard InChI is InChI=1S/C17H27N5O4S/c1-2-22(14-3-10-27(24,25)12-14)16-11-15(19-13-20-16)17(23)18-4-5-21-6-8-26-9-7-21/h11,13-14H,2-10,12H2,1H3,(H,18,23). The van der Waals surface area contributed by atoms with Crippen LogP contribution in [0.2, 0.25) is 0 Å². The Morgan fingerprint density at radius 2 is 2.15 bits per heavy atom. The fourth-order valence-corrected chi connectivity index (χ4v) is 5.23. The van der Waals surface area contributed by atoms with Gasteiger partial charge in [0.25, 0.3) is 5.91 Å². The van der Waals surface area contributed by atoms with Gasteiger partial charge in [0.1, 0.15) is 17.8 Å². The summed E-state index contributed by atoms with van der Waals surface area (Å²) in [6.45, 7) is 7.10. The second kappa shape index (κ2) is 8.94. The third-order valence-electron chi connectivity index (χ3n) is 4.99. The molecule has 1 N–H and O–H groups in total. The Bertz CT molecular complexity index is 751. The lowest BCUT2D eigenvalue weighted by Gasteiger charge is -2.28. The number of amides is 1. The first-order chi connectivity index (χ1) is 13.0. The molecule has 150 valence electrons. The van der Waals surface area contributed by atoms with Crippen LogP contribution in [-0.2, 0) is 14.6 Å². The van der Waals surface area contributed by atoms with Crippen LogP contribution in [0, 0.1) is 0 Å². The summed E-state index contributed by atoms with van der Waals surface area (Å²) in [6, 6.07) is 1.53. The van der Waals surface area contributed by atoms with E-state index in [2.05, 4.69) is 20.2 Å². The topological polar surface area (TPSA) is 105 Å².